The zero-order chi connectivity index (χ0) is 23.0. The Morgan fingerprint density at radius 3 is 2.38 bits per heavy atom. The predicted molar refractivity (Wildman–Crippen MR) is 108 cm³/mol. The van der Waals surface area contributed by atoms with Gasteiger partial charge in [0, 0.05) is 30.4 Å². The number of halogens is 4. The van der Waals surface area contributed by atoms with Gasteiger partial charge in [-0.15, -0.1) is 0 Å². The Morgan fingerprint density at radius 2 is 1.72 bits per heavy atom. The number of aromatic nitrogens is 7. The Balaban J connectivity index is 1.65. The van der Waals surface area contributed by atoms with Gasteiger partial charge in [-0.3, -0.25) is 9.67 Å². The van der Waals surface area contributed by atoms with Crippen LogP contribution >= 0.6 is 0 Å². The molecular formula is C20H18F4N8. The highest BCUT2D eigenvalue weighted by atomic mass is 19.3. The Morgan fingerprint density at radius 1 is 0.938 bits per heavy atom. The molecule has 0 unspecified atom stereocenters. The van der Waals surface area contributed by atoms with E-state index in [-0.39, 0.29) is 17.2 Å². The monoisotopic (exact) mass is 446 g/mol. The summed E-state index contributed by atoms with van der Waals surface area (Å²) in [7, 11) is 1.70. The molecule has 0 saturated heterocycles. The third kappa shape index (κ3) is 4.03. The summed E-state index contributed by atoms with van der Waals surface area (Å²) in [5.41, 5.74) is 1.71. The second-order valence-corrected chi connectivity index (χ2v) is 7.03. The summed E-state index contributed by atoms with van der Waals surface area (Å²) in [4.78, 5) is 12.0. The fourth-order valence-electron chi connectivity index (χ4n) is 3.26. The van der Waals surface area contributed by atoms with Gasteiger partial charge in [0.25, 0.3) is 12.9 Å². The quantitative estimate of drug-likeness (QED) is 0.433. The summed E-state index contributed by atoms with van der Waals surface area (Å²) in [6, 6.07) is 5.57. The van der Waals surface area contributed by atoms with Crippen LogP contribution in [-0.4, -0.2) is 34.5 Å². The summed E-state index contributed by atoms with van der Waals surface area (Å²) >= 11 is 0. The Kier molecular flexibility index (Phi) is 5.59. The fourth-order valence-corrected chi connectivity index (χ4v) is 3.26. The van der Waals surface area contributed by atoms with Crippen molar-refractivity contribution in [1.29, 1.82) is 0 Å². The van der Waals surface area contributed by atoms with Gasteiger partial charge in [0.2, 0.25) is 0 Å². The molecule has 1 N–H and O–H groups in total. The van der Waals surface area contributed by atoms with Gasteiger partial charge in [-0.05, 0) is 32.0 Å². The summed E-state index contributed by atoms with van der Waals surface area (Å²) in [6.45, 7) is 3.42. The van der Waals surface area contributed by atoms with Crippen LogP contribution in [0.5, 0.6) is 0 Å². The first-order valence-electron chi connectivity index (χ1n) is 9.46. The van der Waals surface area contributed by atoms with Crippen LogP contribution in [0.2, 0.25) is 0 Å². The fraction of sp³-hybridized carbons (Fsp3) is 0.250. The summed E-state index contributed by atoms with van der Waals surface area (Å²) in [6.07, 6.45) is -2.78. The largest absolute Gasteiger partial charge is 0.325 e. The highest BCUT2D eigenvalue weighted by Crippen LogP contribution is 2.30. The lowest BCUT2D eigenvalue weighted by Crippen LogP contribution is -2.07. The molecule has 4 aromatic rings. The average molecular weight is 446 g/mol. The molecule has 32 heavy (non-hydrogen) atoms. The minimum absolute atomic E-state index is 0.178. The molecule has 0 radical (unpaired) electrons. The third-order valence-corrected chi connectivity index (χ3v) is 4.77. The van der Waals surface area contributed by atoms with Crippen molar-refractivity contribution in [3.8, 4) is 17.1 Å². The molecule has 0 bridgehead atoms. The van der Waals surface area contributed by atoms with Crippen LogP contribution in [0.25, 0.3) is 17.1 Å². The van der Waals surface area contributed by atoms with E-state index in [1.807, 2.05) is 0 Å². The molecule has 0 atom stereocenters. The zero-order valence-corrected chi connectivity index (χ0v) is 17.3. The molecule has 0 fully saturated rings. The van der Waals surface area contributed by atoms with Gasteiger partial charge in [0.15, 0.2) is 5.82 Å². The molecule has 4 aromatic heterocycles. The van der Waals surface area contributed by atoms with Gasteiger partial charge in [0.05, 0.1) is 11.4 Å². The maximum absolute atomic E-state index is 13.3. The molecule has 4 rings (SSSR count). The molecule has 0 spiro atoms. The van der Waals surface area contributed by atoms with Crippen molar-refractivity contribution in [2.75, 3.05) is 5.32 Å². The second-order valence-electron chi connectivity index (χ2n) is 7.03. The number of alkyl halides is 4. The normalized spacial score (nSPS) is 11.5. The van der Waals surface area contributed by atoms with Crippen molar-refractivity contribution in [1.82, 2.24) is 34.5 Å². The number of nitrogens with one attached hydrogen (secondary N) is 1. The number of pyridine rings is 1. The lowest BCUT2D eigenvalue weighted by atomic mass is 10.1. The van der Waals surface area contributed by atoms with Crippen molar-refractivity contribution < 1.29 is 17.6 Å². The van der Waals surface area contributed by atoms with Crippen molar-refractivity contribution in [3.63, 3.8) is 0 Å². The van der Waals surface area contributed by atoms with Gasteiger partial charge >= 0.3 is 0 Å². The smallest absolute Gasteiger partial charge is 0.280 e. The second kappa shape index (κ2) is 8.36. The minimum Gasteiger partial charge on any atom is -0.325 e. The summed E-state index contributed by atoms with van der Waals surface area (Å²) in [5, 5.41) is 11.6. The van der Waals surface area contributed by atoms with Crippen molar-refractivity contribution in [2.24, 2.45) is 7.05 Å². The first kappa shape index (κ1) is 21.4. The zero-order valence-electron chi connectivity index (χ0n) is 17.3. The van der Waals surface area contributed by atoms with E-state index in [9.17, 15) is 17.6 Å². The summed E-state index contributed by atoms with van der Waals surface area (Å²) in [5.74, 6) is 1.10. The molecule has 0 saturated carbocycles. The maximum atomic E-state index is 13.3. The van der Waals surface area contributed by atoms with Crippen molar-refractivity contribution in [3.05, 3.63) is 59.4 Å². The highest BCUT2D eigenvalue weighted by Gasteiger charge is 2.19. The molecule has 0 aliphatic carbocycles. The molecule has 8 nitrogen and oxygen atoms in total. The Labute approximate surface area is 180 Å². The van der Waals surface area contributed by atoms with E-state index in [0.29, 0.717) is 28.6 Å². The van der Waals surface area contributed by atoms with Crippen LogP contribution in [0.15, 0.2) is 36.8 Å². The lowest BCUT2D eigenvalue weighted by Gasteiger charge is -2.10. The molecule has 0 aliphatic heterocycles. The van der Waals surface area contributed by atoms with Crippen LogP contribution < -0.4 is 5.32 Å². The molecule has 0 amide bonds. The van der Waals surface area contributed by atoms with E-state index in [1.165, 1.54) is 36.8 Å². The lowest BCUT2D eigenvalue weighted by molar-refractivity contribution is 0.142. The topological polar surface area (TPSA) is 86.3 Å². The first-order chi connectivity index (χ1) is 15.2. The third-order valence-electron chi connectivity index (χ3n) is 4.77. The first-order valence-corrected chi connectivity index (χ1v) is 9.46. The number of aryl methyl sites for hydroxylation is 2. The number of anilines is 2. The molecule has 4 heterocycles. The van der Waals surface area contributed by atoms with E-state index in [2.05, 4.69) is 30.5 Å². The van der Waals surface area contributed by atoms with Crippen molar-refractivity contribution in [2.45, 2.75) is 26.7 Å². The molecule has 166 valence electrons. The number of hydrogen-bond acceptors (Lipinski definition) is 6. The Bertz CT molecular complexity index is 1250. The summed E-state index contributed by atoms with van der Waals surface area (Å²) < 4.78 is 54.8. The molecule has 0 aliphatic rings. The maximum Gasteiger partial charge on any atom is 0.280 e. The molecular weight excluding hydrogens is 428 g/mol. The molecule has 12 heteroatoms. The average Bonchev–Trinajstić information content (AvgIpc) is 3.29. The van der Waals surface area contributed by atoms with Crippen LogP contribution in [0, 0.1) is 13.8 Å². The molecule has 0 aromatic carbocycles. The van der Waals surface area contributed by atoms with Gasteiger partial charge in [-0.1, -0.05) is 0 Å². The van der Waals surface area contributed by atoms with Crippen LogP contribution in [-0.2, 0) is 7.05 Å². The van der Waals surface area contributed by atoms with Crippen LogP contribution in [0.4, 0.5) is 29.2 Å². The Hall–Kier alpha value is -3.83. The minimum atomic E-state index is -2.71. The number of nitrogens with zero attached hydrogens (tertiary/aromatic N) is 7. The van der Waals surface area contributed by atoms with Gasteiger partial charge < -0.3 is 5.32 Å². The van der Waals surface area contributed by atoms with Crippen molar-refractivity contribution >= 4 is 11.6 Å². The SMILES string of the molecule is Cc1cc(C(F)F)n(-c2cc(Nc3c(C)c(-c4ccc(C(F)F)nc4)nn3C)ncn2)n1. The van der Waals surface area contributed by atoms with E-state index >= 15 is 0 Å². The predicted octanol–water partition coefficient (Wildman–Crippen LogP) is 4.69. The number of rotatable bonds is 6. The van der Waals surface area contributed by atoms with Crippen LogP contribution in [0.3, 0.4) is 0 Å². The van der Waals surface area contributed by atoms with Gasteiger partial charge in [-0.25, -0.2) is 32.2 Å². The van der Waals surface area contributed by atoms with Gasteiger partial charge in [-0.2, -0.15) is 10.2 Å². The van der Waals surface area contributed by atoms with E-state index in [1.54, 1.807) is 25.6 Å². The standard InChI is InChI=1S/C20H18F4N8/c1-10-6-14(19(23)24)32(29-10)16-7-15(26-9-27-16)28-20-11(2)17(30-31(20)3)12-4-5-13(18(21)22)25-8-12/h4-9,18-19H,1-3H3,(H,26,27,28). The number of hydrogen-bond donors (Lipinski definition) is 1. The van der Waals surface area contributed by atoms with Gasteiger partial charge in [0.1, 0.15) is 29.4 Å². The highest BCUT2D eigenvalue weighted by molar-refractivity contribution is 5.71. The van der Waals surface area contributed by atoms with Crippen LogP contribution in [0.1, 0.15) is 35.5 Å². The van der Waals surface area contributed by atoms with E-state index < -0.39 is 12.9 Å². The van der Waals surface area contributed by atoms with E-state index in [4.69, 9.17) is 0 Å². The van der Waals surface area contributed by atoms with E-state index in [0.717, 1.165) is 10.2 Å².